The molecule has 0 atom stereocenters. The zero-order chi connectivity index (χ0) is 14.8. The maximum absolute atomic E-state index is 12.5. The quantitative estimate of drug-likeness (QED) is 0.850. The predicted octanol–water partition coefficient (Wildman–Crippen LogP) is 3.04. The lowest BCUT2D eigenvalue weighted by Gasteiger charge is -2.22. The largest absolute Gasteiger partial charge is 0.486 e. The van der Waals surface area contributed by atoms with Crippen LogP contribution < -0.4 is 14.4 Å². The fourth-order valence-electron chi connectivity index (χ4n) is 2.25. The summed E-state index contributed by atoms with van der Waals surface area (Å²) in [5.74, 6) is 1.36. The Labute approximate surface area is 123 Å². The Kier molecular flexibility index (Phi) is 3.52. The molecule has 2 aromatic carbocycles. The highest BCUT2D eigenvalue weighted by atomic mass is 16.6. The number of anilines is 1. The monoisotopic (exact) mass is 283 g/mol. The Balaban J connectivity index is 1.85. The standard InChI is InChI=1S/C17H17NO3/c1-12-3-5-13(6-4-12)17(19)18(2)14-7-8-15-16(11-14)21-10-9-20-15/h3-8,11H,9-10H2,1-2H3. The summed E-state index contributed by atoms with van der Waals surface area (Å²) < 4.78 is 11.0. The van der Waals surface area contributed by atoms with Gasteiger partial charge in [0.05, 0.1) is 0 Å². The van der Waals surface area contributed by atoms with Crippen LogP contribution in [0.25, 0.3) is 0 Å². The lowest BCUT2D eigenvalue weighted by Crippen LogP contribution is -2.26. The lowest BCUT2D eigenvalue weighted by atomic mass is 10.1. The first-order valence-electron chi connectivity index (χ1n) is 6.89. The number of carbonyl (C=O) groups is 1. The molecule has 2 aromatic rings. The zero-order valence-electron chi connectivity index (χ0n) is 12.1. The van der Waals surface area contributed by atoms with Crippen LogP contribution in [-0.2, 0) is 0 Å². The molecule has 0 N–H and O–H groups in total. The van der Waals surface area contributed by atoms with Crippen LogP contribution >= 0.6 is 0 Å². The fraction of sp³-hybridized carbons (Fsp3) is 0.235. The van der Waals surface area contributed by atoms with Crippen LogP contribution in [0.4, 0.5) is 5.69 Å². The van der Waals surface area contributed by atoms with Gasteiger partial charge in [-0.3, -0.25) is 4.79 Å². The highest BCUT2D eigenvalue weighted by molar-refractivity contribution is 6.05. The fourth-order valence-corrected chi connectivity index (χ4v) is 2.25. The molecule has 0 fully saturated rings. The third kappa shape index (κ3) is 2.70. The lowest BCUT2D eigenvalue weighted by molar-refractivity contribution is 0.0993. The molecule has 0 aliphatic carbocycles. The highest BCUT2D eigenvalue weighted by Crippen LogP contribution is 2.34. The molecule has 1 amide bonds. The van der Waals surface area contributed by atoms with Crippen molar-refractivity contribution in [1.82, 2.24) is 0 Å². The van der Waals surface area contributed by atoms with E-state index in [9.17, 15) is 4.79 Å². The number of amides is 1. The van der Waals surface area contributed by atoms with E-state index in [4.69, 9.17) is 9.47 Å². The molecule has 21 heavy (non-hydrogen) atoms. The molecular formula is C17H17NO3. The summed E-state index contributed by atoms with van der Waals surface area (Å²) in [5, 5.41) is 0. The molecular weight excluding hydrogens is 266 g/mol. The third-order valence-corrected chi connectivity index (χ3v) is 3.52. The van der Waals surface area contributed by atoms with Gasteiger partial charge in [-0.15, -0.1) is 0 Å². The minimum atomic E-state index is -0.0494. The molecule has 4 heteroatoms. The second-order valence-corrected chi connectivity index (χ2v) is 5.06. The Morgan fingerprint density at radius 3 is 2.38 bits per heavy atom. The molecule has 1 aliphatic rings. The number of benzene rings is 2. The van der Waals surface area contributed by atoms with E-state index >= 15 is 0 Å². The average Bonchev–Trinajstić information content (AvgIpc) is 2.54. The topological polar surface area (TPSA) is 38.8 Å². The van der Waals surface area contributed by atoms with E-state index in [0.717, 1.165) is 17.0 Å². The van der Waals surface area contributed by atoms with E-state index in [1.54, 1.807) is 11.9 Å². The zero-order valence-corrected chi connectivity index (χ0v) is 12.1. The number of nitrogens with zero attached hydrogens (tertiary/aromatic N) is 1. The van der Waals surface area contributed by atoms with Crippen molar-refractivity contribution in [3.05, 3.63) is 53.6 Å². The third-order valence-electron chi connectivity index (χ3n) is 3.52. The van der Waals surface area contributed by atoms with Crippen LogP contribution in [0, 0.1) is 6.92 Å². The number of ether oxygens (including phenoxy) is 2. The summed E-state index contributed by atoms with van der Waals surface area (Å²) >= 11 is 0. The van der Waals surface area contributed by atoms with Crippen LogP contribution in [0.15, 0.2) is 42.5 Å². The van der Waals surface area contributed by atoms with Crippen molar-refractivity contribution in [3.63, 3.8) is 0 Å². The van der Waals surface area contributed by atoms with E-state index in [-0.39, 0.29) is 5.91 Å². The second-order valence-electron chi connectivity index (χ2n) is 5.06. The number of rotatable bonds is 2. The summed E-state index contributed by atoms with van der Waals surface area (Å²) in [7, 11) is 1.76. The van der Waals surface area contributed by atoms with Crippen molar-refractivity contribution in [3.8, 4) is 11.5 Å². The molecule has 0 radical (unpaired) electrons. The van der Waals surface area contributed by atoms with Crippen molar-refractivity contribution in [2.24, 2.45) is 0 Å². The number of fused-ring (bicyclic) bond motifs is 1. The number of hydrogen-bond donors (Lipinski definition) is 0. The van der Waals surface area contributed by atoms with Crippen LogP contribution in [-0.4, -0.2) is 26.2 Å². The van der Waals surface area contributed by atoms with Gasteiger partial charge in [-0.2, -0.15) is 0 Å². The first kappa shape index (κ1) is 13.5. The van der Waals surface area contributed by atoms with Gasteiger partial charge >= 0.3 is 0 Å². The van der Waals surface area contributed by atoms with Gasteiger partial charge in [-0.05, 0) is 31.2 Å². The number of hydrogen-bond acceptors (Lipinski definition) is 3. The first-order chi connectivity index (χ1) is 10.1. The van der Waals surface area contributed by atoms with E-state index < -0.39 is 0 Å². The highest BCUT2D eigenvalue weighted by Gasteiger charge is 2.17. The van der Waals surface area contributed by atoms with Gasteiger partial charge in [0, 0.05) is 24.4 Å². The van der Waals surface area contributed by atoms with Crippen LogP contribution in [0.3, 0.4) is 0 Å². The van der Waals surface area contributed by atoms with E-state index in [1.807, 2.05) is 49.4 Å². The van der Waals surface area contributed by atoms with Crippen molar-refractivity contribution in [2.75, 3.05) is 25.2 Å². The van der Waals surface area contributed by atoms with Crippen LogP contribution in [0.2, 0.25) is 0 Å². The molecule has 108 valence electrons. The van der Waals surface area contributed by atoms with Crippen LogP contribution in [0.1, 0.15) is 15.9 Å². The Hall–Kier alpha value is -2.49. The maximum atomic E-state index is 12.5. The average molecular weight is 283 g/mol. The summed E-state index contributed by atoms with van der Waals surface area (Å²) in [4.78, 5) is 14.1. The molecule has 4 nitrogen and oxygen atoms in total. The predicted molar refractivity (Wildman–Crippen MR) is 81.3 cm³/mol. The number of carbonyl (C=O) groups excluding carboxylic acids is 1. The van der Waals surface area contributed by atoms with Crippen molar-refractivity contribution in [2.45, 2.75) is 6.92 Å². The molecule has 0 spiro atoms. The Morgan fingerprint density at radius 2 is 1.67 bits per heavy atom. The van der Waals surface area contributed by atoms with Gasteiger partial charge in [0.25, 0.3) is 5.91 Å². The summed E-state index contributed by atoms with van der Waals surface area (Å²) in [6, 6.07) is 13.1. The Morgan fingerprint density at radius 1 is 1.00 bits per heavy atom. The van der Waals surface area contributed by atoms with Gasteiger partial charge in [0.1, 0.15) is 13.2 Å². The molecule has 1 aliphatic heterocycles. The summed E-state index contributed by atoms with van der Waals surface area (Å²) in [5.41, 5.74) is 2.58. The summed E-state index contributed by atoms with van der Waals surface area (Å²) in [6.07, 6.45) is 0. The van der Waals surface area contributed by atoms with E-state index in [1.165, 1.54) is 0 Å². The molecule has 0 bridgehead atoms. The van der Waals surface area contributed by atoms with Crippen LogP contribution in [0.5, 0.6) is 11.5 Å². The normalized spacial score (nSPS) is 12.9. The van der Waals surface area contributed by atoms with Gasteiger partial charge in [0.2, 0.25) is 0 Å². The molecule has 1 heterocycles. The first-order valence-corrected chi connectivity index (χ1v) is 6.89. The molecule has 0 saturated carbocycles. The minimum absolute atomic E-state index is 0.0494. The van der Waals surface area contributed by atoms with E-state index in [0.29, 0.717) is 24.5 Å². The van der Waals surface area contributed by atoms with Crippen molar-refractivity contribution < 1.29 is 14.3 Å². The minimum Gasteiger partial charge on any atom is -0.486 e. The molecule has 0 aromatic heterocycles. The van der Waals surface area contributed by atoms with E-state index in [2.05, 4.69) is 0 Å². The van der Waals surface area contributed by atoms with Gasteiger partial charge < -0.3 is 14.4 Å². The SMILES string of the molecule is Cc1ccc(C(=O)N(C)c2ccc3c(c2)OCCO3)cc1. The number of aryl methyl sites for hydroxylation is 1. The molecule has 3 rings (SSSR count). The van der Waals surface area contributed by atoms with Gasteiger partial charge in [-0.25, -0.2) is 0 Å². The second kappa shape index (κ2) is 5.48. The Bertz CT molecular complexity index is 664. The molecule has 0 unspecified atom stereocenters. The van der Waals surface area contributed by atoms with Crippen molar-refractivity contribution >= 4 is 11.6 Å². The van der Waals surface area contributed by atoms with Gasteiger partial charge in [-0.1, -0.05) is 17.7 Å². The smallest absolute Gasteiger partial charge is 0.258 e. The maximum Gasteiger partial charge on any atom is 0.258 e. The summed E-state index contributed by atoms with van der Waals surface area (Å²) in [6.45, 7) is 3.09. The molecule has 0 saturated heterocycles. The van der Waals surface area contributed by atoms with Gasteiger partial charge in [0.15, 0.2) is 11.5 Å². The van der Waals surface area contributed by atoms with Crippen molar-refractivity contribution in [1.29, 1.82) is 0 Å².